The summed E-state index contributed by atoms with van der Waals surface area (Å²) in [5, 5.41) is 40.2. The topological polar surface area (TPSA) is 162 Å². The van der Waals surface area contributed by atoms with Gasteiger partial charge >= 0.3 is 0 Å². The molecule has 62 heavy (non-hydrogen) atoms. The first kappa shape index (κ1) is 59.1. The molecule has 1 fully saturated rings. The molecule has 11 heteroatoms. The second kappa shape index (κ2) is 45.3. The molecule has 0 unspecified atom stereocenters. The highest BCUT2D eigenvalue weighted by atomic mass is 16.7. The van der Waals surface area contributed by atoms with Crippen molar-refractivity contribution in [2.45, 2.75) is 256 Å². The van der Waals surface area contributed by atoms with Crippen LogP contribution in [0.5, 0.6) is 0 Å². The van der Waals surface area contributed by atoms with Gasteiger partial charge in [-0.3, -0.25) is 4.79 Å². The maximum Gasteiger partial charge on any atom is 0.236 e. The van der Waals surface area contributed by atoms with Crippen LogP contribution in [0.2, 0.25) is 0 Å². The van der Waals surface area contributed by atoms with Crippen molar-refractivity contribution in [1.29, 1.82) is 0 Å². The van der Waals surface area contributed by atoms with Crippen molar-refractivity contribution in [1.82, 2.24) is 20.9 Å². The molecule has 1 aliphatic heterocycles. The lowest BCUT2D eigenvalue weighted by molar-refractivity contribution is -0.293. The molecule has 8 N–H and O–H groups in total. The largest absolute Gasteiger partial charge is 0.388 e. The number of nitrogens with two attached hydrogens (primary N) is 1. The zero-order valence-electron chi connectivity index (χ0n) is 40.9. The summed E-state index contributed by atoms with van der Waals surface area (Å²) >= 11 is 0. The van der Waals surface area contributed by atoms with Crippen molar-refractivity contribution in [3.8, 4) is 0 Å². The Bertz CT molecular complexity index is 937. The Morgan fingerprint density at radius 1 is 0.500 bits per heavy atom. The molecule has 370 valence electrons. The van der Waals surface area contributed by atoms with Gasteiger partial charge in [0.1, 0.15) is 18.3 Å². The lowest BCUT2D eigenvalue weighted by Crippen LogP contribution is -2.57. The van der Waals surface area contributed by atoms with Gasteiger partial charge in [0.15, 0.2) is 6.29 Å². The minimum Gasteiger partial charge on any atom is -0.388 e. The van der Waals surface area contributed by atoms with Crippen LogP contribution in [-0.2, 0) is 14.3 Å². The van der Waals surface area contributed by atoms with E-state index in [4.69, 9.17) is 15.2 Å². The Morgan fingerprint density at radius 2 is 0.887 bits per heavy atom. The molecule has 0 aliphatic carbocycles. The van der Waals surface area contributed by atoms with E-state index in [0.717, 1.165) is 90.9 Å². The average Bonchev–Trinajstić information content (AvgIpc) is 3.27. The molecule has 1 aliphatic rings. The van der Waals surface area contributed by atoms with Crippen LogP contribution in [0.25, 0.3) is 0 Å². The van der Waals surface area contributed by atoms with Crippen LogP contribution in [0, 0.1) is 0 Å². The molecular formula is C51H105N5O6. The van der Waals surface area contributed by atoms with E-state index in [-0.39, 0.29) is 5.91 Å². The summed E-state index contributed by atoms with van der Waals surface area (Å²) in [7, 11) is 0. The standard InChI is InChI=1S/C51H105N5O6/c1-3-4-5-6-7-8-9-10-11-12-14-17-20-23-26-31-42-56(47(57)45-55-41-35-40-54-38-30-29-37-53-39-34-36-52)43-32-27-24-21-18-15-13-16-19-22-25-28-33-44-61-51-50(60)49(59)48(58)46(2)62-51/h46,48-51,53-55,58-60H,3-45,52H2,1-2H3/t46-,48-,49+,50+,51+/m0/s1. The molecule has 0 aromatic heterocycles. The normalized spacial score (nSPS) is 19.1. The number of unbranched alkanes of at least 4 members (excludes halogenated alkanes) is 28. The summed E-state index contributed by atoms with van der Waals surface area (Å²) in [5.41, 5.74) is 5.55. The minimum absolute atomic E-state index is 0.278. The monoisotopic (exact) mass is 884 g/mol. The lowest BCUT2D eigenvalue weighted by atomic mass is 10.00. The maximum absolute atomic E-state index is 13.3. The van der Waals surface area contributed by atoms with E-state index >= 15 is 0 Å². The first-order valence-corrected chi connectivity index (χ1v) is 26.8. The van der Waals surface area contributed by atoms with Crippen molar-refractivity contribution in [3.63, 3.8) is 0 Å². The summed E-state index contributed by atoms with van der Waals surface area (Å²) in [4.78, 5) is 15.5. The van der Waals surface area contributed by atoms with E-state index in [0.29, 0.717) is 13.2 Å². The molecule has 1 saturated heterocycles. The molecule has 0 radical (unpaired) electrons. The highest BCUT2D eigenvalue weighted by Gasteiger charge is 2.42. The number of aliphatic hydroxyl groups is 3. The summed E-state index contributed by atoms with van der Waals surface area (Å²) in [6.07, 6.45) is 37.2. The van der Waals surface area contributed by atoms with Gasteiger partial charge < -0.3 is 51.4 Å². The summed E-state index contributed by atoms with van der Waals surface area (Å²) in [6.45, 7) is 12.5. The van der Waals surface area contributed by atoms with E-state index in [1.54, 1.807) is 6.92 Å². The smallest absolute Gasteiger partial charge is 0.236 e. The van der Waals surface area contributed by atoms with Crippen molar-refractivity contribution in [2.75, 3.05) is 65.5 Å². The zero-order chi connectivity index (χ0) is 45.0. The van der Waals surface area contributed by atoms with Gasteiger partial charge in [-0.25, -0.2) is 0 Å². The number of hydrogen-bond acceptors (Lipinski definition) is 10. The SMILES string of the molecule is CCCCCCCCCCCCCCCCCCN(CCCCCCCCCCCCCCCO[C@@H]1O[C@@H](C)[C@H](O)[C@@H](O)[C@H]1O)C(=O)CNCCCNCCCCNCCCN. The number of carbonyl (C=O) groups is 1. The van der Waals surface area contributed by atoms with Crippen LogP contribution >= 0.6 is 0 Å². The highest BCUT2D eigenvalue weighted by Crippen LogP contribution is 2.22. The first-order valence-electron chi connectivity index (χ1n) is 26.8. The zero-order valence-corrected chi connectivity index (χ0v) is 40.9. The van der Waals surface area contributed by atoms with Gasteiger partial charge in [-0.1, -0.05) is 174 Å². The number of ether oxygens (including phenoxy) is 2. The number of nitrogens with zero attached hydrogens (tertiary/aromatic N) is 1. The third kappa shape index (κ3) is 35.4. The van der Waals surface area contributed by atoms with Crippen LogP contribution in [0.15, 0.2) is 0 Å². The number of aliphatic hydroxyl groups excluding tert-OH is 3. The predicted molar refractivity (Wildman–Crippen MR) is 261 cm³/mol. The van der Waals surface area contributed by atoms with Gasteiger partial charge in [-0.15, -0.1) is 0 Å². The second-order valence-corrected chi connectivity index (χ2v) is 18.7. The Balaban J connectivity index is 2.13. The Kier molecular flexibility index (Phi) is 43.2. The molecule has 0 bridgehead atoms. The fraction of sp³-hybridized carbons (Fsp3) is 0.980. The Morgan fingerprint density at radius 3 is 1.34 bits per heavy atom. The van der Waals surface area contributed by atoms with Crippen molar-refractivity contribution in [3.05, 3.63) is 0 Å². The van der Waals surface area contributed by atoms with Gasteiger partial charge in [0.2, 0.25) is 5.91 Å². The van der Waals surface area contributed by atoms with Crippen LogP contribution in [0.4, 0.5) is 0 Å². The molecular weight excluding hydrogens is 779 g/mol. The number of rotatable bonds is 48. The molecule has 1 heterocycles. The van der Waals surface area contributed by atoms with Gasteiger partial charge in [-0.05, 0) is 91.1 Å². The third-order valence-corrected chi connectivity index (χ3v) is 12.8. The fourth-order valence-electron chi connectivity index (χ4n) is 8.53. The number of nitrogens with one attached hydrogen (secondary N) is 3. The Labute approximate surface area is 383 Å². The molecule has 1 rings (SSSR count). The second-order valence-electron chi connectivity index (χ2n) is 18.7. The van der Waals surface area contributed by atoms with E-state index in [1.807, 2.05) is 0 Å². The van der Waals surface area contributed by atoms with Gasteiger partial charge in [0.25, 0.3) is 0 Å². The fourth-order valence-corrected chi connectivity index (χ4v) is 8.53. The summed E-state index contributed by atoms with van der Waals surface area (Å²) in [6, 6.07) is 0. The summed E-state index contributed by atoms with van der Waals surface area (Å²) in [5.74, 6) is 0.278. The molecule has 0 aromatic rings. The molecule has 0 saturated carbocycles. The maximum atomic E-state index is 13.3. The van der Waals surface area contributed by atoms with Crippen LogP contribution < -0.4 is 21.7 Å². The molecule has 5 atom stereocenters. The van der Waals surface area contributed by atoms with Crippen molar-refractivity contribution >= 4 is 5.91 Å². The van der Waals surface area contributed by atoms with Crippen LogP contribution in [0.3, 0.4) is 0 Å². The summed E-state index contributed by atoms with van der Waals surface area (Å²) < 4.78 is 11.1. The van der Waals surface area contributed by atoms with E-state index in [9.17, 15) is 20.1 Å². The van der Waals surface area contributed by atoms with Gasteiger partial charge in [0.05, 0.1) is 12.6 Å². The number of amides is 1. The minimum atomic E-state index is -1.24. The Hall–Kier alpha value is -0.890. The van der Waals surface area contributed by atoms with Gasteiger partial charge in [-0.2, -0.15) is 0 Å². The number of hydrogen-bond donors (Lipinski definition) is 7. The van der Waals surface area contributed by atoms with E-state index < -0.39 is 30.7 Å². The molecule has 11 nitrogen and oxygen atoms in total. The first-order chi connectivity index (χ1) is 30.4. The van der Waals surface area contributed by atoms with Gasteiger partial charge in [0, 0.05) is 19.7 Å². The van der Waals surface area contributed by atoms with E-state index in [2.05, 4.69) is 27.8 Å². The molecule has 0 aromatic carbocycles. The quantitative estimate of drug-likeness (QED) is 0.0294. The molecule has 0 spiro atoms. The lowest BCUT2D eigenvalue weighted by Gasteiger charge is -2.38. The van der Waals surface area contributed by atoms with Crippen LogP contribution in [-0.4, -0.2) is 122 Å². The van der Waals surface area contributed by atoms with E-state index in [1.165, 1.54) is 173 Å². The predicted octanol–water partition coefficient (Wildman–Crippen LogP) is 9.28. The molecule has 1 amide bonds. The number of carbonyl (C=O) groups excluding carboxylic acids is 1. The third-order valence-electron chi connectivity index (χ3n) is 12.8. The average molecular weight is 884 g/mol. The van der Waals surface area contributed by atoms with Crippen LogP contribution in [0.1, 0.15) is 226 Å². The highest BCUT2D eigenvalue weighted by molar-refractivity contribution is 5.78. The van der Waals surface area contributed by atoms with Crippen molar-refractivity contribution < 1.29 is 29.6 Å². The van der Waals surface area contributed by atoms with Crippen molar-refractivity contribution in [2.24, 2.45) is 5.73 Å².